The van der Waals surface area contributed by atoms with E-state index < -0.39 is 0 Å². The number of imide groups is 1. The average molecular weight is 398 g/mol. The highest BCUT2D eigenvalue weighted by Crippen LogP contribution is 2.39. The molecule has 2 aromatic rings. The molecule has 0 radical (unpaired) electrons. The summed E-state index contributed by atoms with van der Waals surface area (Å²) < 4.78 is 5.18. The monoisotopic (exact) mass is 398 g/mol. The maximum atomic E-state index is 13.3. The largest absolute Gasteiger partial charge is 0.497 e. The van der Waals surface area contributed by atoms with E-state index in [4.69, 9.17) is 4.74 Å². The second-order valence-corrected chi connectivity index (χ2v) is 7.47. The van der Waals surface area contributed by atoms with Crippen LogP contribution in [-0.2, 0) is 9.59 Å². The van der Waals surface area contributed by atoms with Crippen molar-refractivity contribution >= 4 is 40.5 Å². The highest BCUT2D eigenvalue weighted by molar-refractivity contribution is 8.04. The van der Waals surface area contributed by atoms with Crippen molar-refractivity contribution in [2.75, 3.05) is 43.4 Å². The molecular formula is C21H22N2O4S. The zero-order valence-electron chi connectivity index (χ0n) is 16.0. The Hall–Kier alpha value is -2.77. The number of hydrogen-bond donors (Lipinski definition) is 1. The number of anilines is 2. The number of carbonyl (C=O) groups is 2. The van der Waals surface area contributed by atoms with E-state index in [2.05, 4.69) is 0 Å². The minimum Gasteiger partial charge on any atom is -0.497 e. The van der Waals surface area contributed by atoms with E-state index in [9.17, 15) is 14.7 Å². The molecule has 1 aliphatic heterocycles. The van der Waals surface area contributed by atoms with Crippen molar-refractivity contribution in [3.05, 3.63) is 59.0 Å². The van der Waals surface area contributed by atoms with Crippen molar-refractivity contribution in [2.24, 2.45) is 0 Å². The van der Waals surface area contributed by atoms with Crippen LogP contribution in [0.15, 0.2) is 53.4 Å². The summed E-state index contributed by atoms with van der Waals surface area (Å²) in [7, 11) is 5.37. The Kier molecular flexibility index (Phi) is 6.06. The number of aliphatic hydroxyl groups excluding tert-OH is 1. The van der Waals surface area contributed by atoms with Crippen molar-refractivity contribution in [2.45, 2.75) is 0 Å². The molecule has 28 heavy (non-hydrogen) atoms. The third-order valence-electron chi connectivity index (χ3n) is 4.36. The molecule has 1 aliphatic rings. The first-order chi connectivity index (χ1) is 13.5. The van der Waals surface area contributed by atoms with Gasteiger partial charge < -0.3 is 14.7 Å². The highest BCUT2D eigenvalue weighted by atomic mass is 32.2. The molecule has 0 fully saturated rings. The Balaban J connectivity index is 2.05. The zero-order valence-corrected chi connectivity index (χ0v) is 16.8. The first kappa shape index (κ1) is 20.0. The number of aliphatic hydroxyl groups is 1. The number of rotatable bonds is 7. The molecule has 0 saturated heterocycles. The topological polar surface area (TPSA) is 70.1 Å². The van der Waals surface area contributed by atoms with Gasteiger partial charge in [0.05, 0.1) is 29.9 Å². The van der Waals surface area contributed by atoms with E-state index in [1.54, 1.807) is 43.5 Å². The molecule has 0 aliphatic carbocycles. The SMILES string of the molecule is COc1ccc(C2=C(SCCO)C(=O)N(c3cccc(N(C)C)c3)C2=O)cc1. The molecular weight excluding hydrogens is 376 g/mol. The number of carbonyl (C=O) groups excluding carboxylic acids is 2. The first-order valence-electron chi connectivity index (χ1n) is 8.76. The number of methoxy groups -OCH3 is 1. The summed E-state index contributed by atoms with van der Waals surface area (Å²) in [6, 6.07) is 14.3. The van der Waals surface area contributed by atoms with Gasteiger partial charge in [-0.25, -0.2) is 4.90 Å². The van der Waals surface area contributed by atoms with Crippen LogP contribution in [0, 0.1) is 0 Å². The Morgan fingerprint density at radius 2 is 1.79 bits per heavy atom. The van der Waals surface area contributed by atoms with E-state index in [1.807, 2.05) is 31.1 Å². The fourth-order valence-electron chi connectivity index (χ4n) is 2.95. The summed E-state index contributed by atoms with van der Waals surface area (Å²) in [5.74, 6) is 0.262. The molecule has 1 heterocycles. The molecule has 146 valence electrons. The number of hydrogen-bond acceptors (Lipinski definition) is 6. The second kappa shape index (κ2) is 8.50. The van der Waals surface area contributed by atoms with Crippen molar-refractivity contribution in [1.29, 1.82) is 0 Å². The summed E-state index contributed by atoms with van der Waals surface area (Å²) in [6.07, 6.45) is 0. The summed E-state index contributed by atoms with van der Waals surface area (Å²) in [6.45, 7) is -0.0817. The average Bonchev–Trinajstić information content (AvgIpc) is 2.96. The molecule has 7 heteroatoms. The fourth-order valence-corrected chi connectivity index (χ4v) is 3.81. The number of benzene rings is 2. The minimum atomic E-state index is -0.370. The maximum Gasteiger partial charge on any atom is 0.272 e. The summed E-state index contributed by atoms with van der Waals surface area (Å²) in [5.41, 5.74) is 2.40. The quantitative estimate of drug-likeness (QED) is 0.724. The van der Waals surface area contributed by atoms with Gasteiger partial charge in [-0.15, -0.1) is 11.8 Å². The van der Waals surface area contributed by atoms with Crippen LogP contribution < -0.4 is 14.5 Å². The first-order valence-corrected chi connectivity index (χ1v) is 9.75. The Morgan fingerprint density at radius 3 is 2.39 bits per heavy atom. The number of ether oxygens (including phenoxy) is 1. The van der Waals surface area contributed by atoms with Gasteiger partial charge in [-0.05, 0) is 35.9 Å². The number of nitrogens with zero attached hydrogens (tertiary/aromatic N) is 2. The zero-order chi connectivity index (χ0) is 20.3. The van der Waals surface area contributed by atoms with Crippen molar-refractivity contribution in [3.8, 4) is 5.75 Å². The van der Waals surface area contributed by atoms with Gasteiger partial charge >= 0.3 is 0 Å². The highest BCUT2D eigenvalue weighted by Gasteiger charge is 2.40. The third kappa shape index (κ3) is 3.76. The van der Waals surface area contributed by atoms with Gasteiger partial charge in [-0.3, -0.25) is 9.59 Å². The van der Waals surface area contributed by atoms with Gasteiger partial charge in [-0.1, -0.05) is 18.2 Å². The van der Waals surface area contributed by atoms with Gasteiger partial charge in [0.25, 0.3) is 11.8 Å². The van der Waals surface area contributed by atoms with E-state index in [0.29, 0.717) is 33.2 Å². The molecule has 2 amide bonds. The van der Waals surface area contributed by atoms with Gasteiger partial charge in [0.15, 0.2) is 0 Å². The van der Waals surface area contributed by atoms with Crippen molar-refractivity contribution in [1.82, 2.24) is 0 Å². The van der Waals surface area contributed by atoms with Crippen LogP contribution >= 0.6 is 11.8 Å². The van der Waals surface area contributed by atoms with Gasteiger partial charge in [0.1, 0.15) is 5.75 Å². The van der Waals surface area contributed by atoms with E-state index in [1.165, 1.54) is 16.7 Å². The minimum absolute atomic E-state index is 0.0817. The van der Waals surface area contributed by atoms with E-state index >= 15 is 0 Å². The van der Waals surface area contributed by atoms with E-state index in [0.717, 1.165) is 5.69 Å². The predicted molar refractivity (Wildman–Crippen MR) is 113 cm³/mol. The smallest absolute Gasteiger partial charge is 0.272 e. The lowest BCUT2D eigenvalue weighted by molar-refractivity contribution is -0.119. The Labute approximate surface area is 168 Å². The van der Waals surface area contributed by atoms with Crippen LogP contribution in [0.5, 0.6) is 5.75 Å². The molecule has 0 unspecified atom stereocenters. The molecule has 0 spiro atoms. The summed E-state index contributed by atoms with van der Waals surface area (Å²) >= 11 is 1.19. The lowest BCUT2D eigenvalue weighted by Gasteiger charge is -2.19. The predicted octanol–water partition coefficient (Wildman–Crippen LogP) is 2.77. The molecule has 6 nitrogen and oxygen atoms in total. The van der Waals surface area contributed by atoms with Crippen LogP contribution in [0.25, 0.3) is 5.57 Å². The molecule has 1 N–H and O–H groups in total. The van der Waals surface area contributed by atoms with Crippen molar-refractivity contribution < 1.29 is 19.4 Å². The lowest BCUT2D eigenvalue weighted by atomic mass is 10.1. The third-order valence-corrected chi connectivity index (χ3v) is 5.42. The number of thioether (sulfide) groups is 1. The Morgan fingerprint density at radius 1 is 1.07 bits per heavy atom. The van der Waals surface area contributed by atoms with Crippen LogP contribution in [0.1, 0.15) is 5.56 Å². The maximum absolute atomic E-state index is 13.3. The molecule has 0 aromatic heterocycles. The van der Waals surface area contributed by atoms with Crippen LogP contribution in [0.3, 0.4) is 0 Å². The summed E-state index contributed by atoms with van der Waals surface area (Å²) in [5, 5.41) is 9.21. The molecule has 0 bridgehead atoms. The Bertz CT molecular complexity index is 922. The molecule has 2 aromatic carbocycles. The van der Waals surface area contributed by atoms with Gasteiger partial charge in [-0.2, -0.15) is 0 Å². The standard InChI is InChI=1S/C21H22N2O4S/c1-22(2)15-5-4-6-16(13-15)23-20(25)18(19(21(23)26)28-12-11-24)14-7-9-17(27-3)10-8-14/h4-10,13,24H,11-12H2,1-3H3. The van der Waals surface area contributed by atoms with E-state index in [-0.39, 0.29) is 18.4 Å². The normalized spacial score (nSPS) is 14.1. The lowest BCUT2D eigenvalue weighted by Crippen LogP contribution is -2.31. The fraction of sp³-hybridized carbons (Fsp3) is 0.238. The van der Waals surface area contributed by atoms with Gasteiger partial charge in [0.2, 0.25) is 0 Å². The molecule has 0 atom stereocenters. The van der Waals surface area contributed by atoms with Crippen molar-refractivity contribution in [3.63, 3.8) is 0 Å². The van der Waals surface area contributed by atoms with Gasteiger partial charge in [0, 0.05) is 25.5 Å². The van der Waals surface area contributed by atoms with Crippen LogP contribution in [0.2, 0.25) is 0 Å². The summed E-state index contributed by atoms with van der Waals surface area (Å²) in [4.78, 5) is 29.8. The van der Waals surface area contributed by atoms with Crippen LogP contribution in [-0.4, -0.2) is 50.5 Å². The van der Waals surface area contributed by atoms with Crippen LogP contribution in [0.4, 0.5) is 11.4 Å². The molecule has 0 saturated carbocycles. The number of amides is 2. The molecule has 3 rings (SSSR count). The second-order valence-electron chi connectivity index (χ2n) is 6.36.